The van der Waals surface area contributed by atoms with Gasteiger partial charge in [-0.25, -0.2) is 4.98 Å². The van der Waals surface area contributed by atoms with Crippen molar-refractivity contribution in [2.75, 3.05) is 34.3 Å². The number of amides is 1. The molecule has 0 unspecified atom stereocenters. The van der Waals surface area contributed by atoms with E-state index in [1.54, 1.807) is 26.0 Å². The minimum absolute atomic E-state index is 0. The lowest BCUT2D eigenvalue weighted by Gasteiger charge is -2.13. The minimum Gasteiger partial charge on any atom is -0.477 e. The van der Waals surface area contributed by atoms with Gasteiger partial charge in [-0.15, -0.1) is 24.0 Å². The lowest BCUT2D eigenvalue weighted by atomic mass is 10.1. The zero-order valence-corrected chi connectivity index (χ0v) is 20.8. The predicted molar refractivity (Wildman–Crippen MR) is 134 cm³/mol. The summed E-state index contributed by atoms with van der Waals surface area (Å²) in [6.45, 7) is 2.11. The molecule has 1 saturated carbocycles. The first-order valence-corrected chi connectivity index (χ1v) is 10.4. The number of rotatable bonds is 9. The summed E-state index contributed by atoms with van der Waals surface area (Å²) in [4.78, 5) is 22.3. The number of nitrogens with zero attached hydrogens (tertiary/aromatic N) is 3. The smallest absolute Gasteiger partial charge is 0.253 e. The standard InChI is InChI=1S/C23H31N5O2.HI/c1-24-23(25-12-11-17-5-4-6-20(13-17)22(29)28(2)3)27-15-19-9-10-21(26-14-19)30-16-18-7-8-18;/h4-6,9-10,13-14,18H,7-8,11-12,15-16H2,1-3H3,(H2,24,25,27);1H. The molecule has 2 N–H and O–H groups in total. The highest BCUT2D eigenvalue weighted by Gasteiger charge is 2.22. The Bertz CT molecular complexity index is 867. The first-order valence-electron chi connectivity index (χ1n) is 10.4. The summed E-state index contributed by atoms with van der Waals surface area (Å²) in [7, 11) is 5.27. The highest BCUT2D eigenvalue weighted by molar-refractivity contribution is 14.0. The number of benzene rings is 1. The molecule has 168 valence electrons. The Morgan fingerprint density at radius 3 is 2.65 bits per heavy atom. The van der Waals surface area contributed by atoms with Crippen molar-refractivity contribution < 1.29 is 9.53 Å². The van der Waals surface area contributed by atoms with Crippen LogP contribution in [0.3, 0.4) is 0 Å². The van der Waals surface area contributed by atoms with Gasteiger partial charge in [0, 0.05) is 52.1 Å². The Morgan fingerprint density at radius 1 is 1.19 bits per heavy atom. The van der Waals surface area contributed by atoms with Crippen LogP contribution in [0.25, 0.3) is 0 Å². The summed E-state index contributed by atoms with van der Waals surface area (Å²) >= 11 is 0. The number of pyridine rings is 1. The Hall–Kier alpha value is -2.36. The first-order chi connectivity index (χ1) is 14.5. The van der Waals surface area contributed by atoms with Gasteiger partial charge in [0.2, 0.25) is 5.88 Å². The molecule has 0 bridgehead atoms. The monoisotopic (exact) mass is 537 g/mol. The molecule has 8 heteroatoms. The quantitative estimate of drug-likeness (QED) is 0.292. The molecule has 1 heterocycles. The first kappa shape index (κ1) is 24.9. The summed E-state index contributed by atoms with van der Waals surface area (Å²) in [5, 5.41) is 6.60. The SMILES string of the molecule is CN=C(NCCc1cccc(C(=O)N(C)C)c1)NCc1ccc(OCC2CC2)nc1.I. The van der Waals surface area contributed by atoms with Crippen LogP contribution in [0, 0.1) is 5.92 Å². The molecule has 31 heavy (non-hydrogen) atoms. The van der Waals surface area contributed by atoms with Crippen LogP contribution in [-0.2, 0) is 13.0 Å². The Kier molecular flexibility index (Phi) is 10.0. The zero-order valence-electron chi connectivity index (χ0n) is 18.4. The van der Waals surface area contributed by atoms with Crippen molar-refractivity contribution >= 4 is 35.8 Å². The second-order valence-corrected chi connectivity index (χ2v) is 7.76. The van der Waals surface area contributed by atoms with E-state index in [0.29, 0.717) is 24.5 Å². The summed E-state index contributed by atoms with van der Waals surface area (Å²) in [6.07, 6.45) is 5.17. The summed E-state index contributed by atoms with van der Waals surface area (Å²) in [5.41, 5.74) is 2.88. The van der Waals surface area contributed by atoms with Crippen molar-refractivity contribution in [3.05, 3.63) is 59.3 Å². The molecule has 1 amide bonds. The molecule has 0 saturated heterocycles. The van der Waals surface area contributed by atoms with Crippen LogP contribution in [0.15, 0.2) is 47.6 Å². The number of hydrogen-bond donors (Lipinski definition) is 2. The molecule has 0 radical (unpaired) electrons. The fourth-order valence-electron chi connectivity index (χ4n) is 2.94. The number of carbonyl (C=O) groups excluding carboxylic acids is 1. The normalized spacial score (nSPS) is 13.2. The average Bonchev–Trinajstić information content (AvgIpc) is 3.59. The van der Waals surface area contributed by atoms with E-state index in [9.17, 15) is 4.79 Å². The van der Waals surface area contributed by atoms with Crippen molar-refractivity contribution in [3.8, 4) is 5.88 Å². The van der Waals surface area contributed by atoms with Crippen LogP contribution in [-0.4, -0.2) is 56.0 Å². The molecular formula is C23H32IN5O2. The minimum atomic E-state index is 0. The maximum absolute atomic E-state index is 12.1. The van der Waals surface area contributed by atoms with Gasteiger partial charge in [-0.1, -0.05) is 18.2 Å². The highest BCUT2D eigenvalue weighted by Crippen LogP contribution is 2.29. The third-order valence-corrected chi connectivity index (χ3v) is 4.93. The van der Waals surface area contributed by atoms with Crippen molar-refractivity contribution in [2.45, 2.75) is 25.8 Å². The second kappa shape index (κ2) is 12.5. The molecule has 0 spiro atoms. The lowest BCUT2D eigenvalue weighted by Crippen LogP contribution is -2.37. The second-order valence-electron chi connectivity index (χ2n) is 7.76. The molecular weight excluding hydrogens is 505 g/mol. The van der Waals surface area contributed by atoms with Gasteiger partial charge in [-0.2, -0.15) is 0 Å². The van der Waals surface area contributed by atoms with Gasteiger partial charge in [0.05, 0.1) is 6.61 Å². The van der Waals surface area contributed by atoms with Gasteiger partial charge in [0.15, 0.2) is 5.96 Å². The fourth-order valence-corrected chi connectivity index (χ4v) is 2.94. The van der Waals surface area contributed by atoms with E-state index in [0.717, 1.165) is 36.0 Å². The molecule has 3 rings (SSSR count). The predicted octanol–water partition coefficient (Wildman–Crippen LogP) is 3.10. The molecule has 1 fully saturated rings. The maximum atomic E-state index is 12.1. The number of aliphatic imine (C=N–C) groups is 1. The van der Waals surface area contributed by atoms with Crippen LogP contribution in [0.2, 0.25) is 0 Å². The van der Waals surface area contributed by atoms with E-state index in [1.807, 2.05) is 42.6 Å². The number of nitrogens with one attached hydrogen (secondary N) is 2. The molecule has 1 aliphatic rings. The van der Waals surface area contributed by atoms with Crippen LogP contribution >= 0.6 is 24.0 Å². The Labute approximate surface area is 201 Å². The van der Waals surface area contributed by atoms with E-state index in [-0.39, 0.29) is 29.9 Å². The average molecular weight is 537 g/mol. The van der Waals surface area contributed by atoms with E-state index >= 15 is 0 Å². The number of aromatic nitrogens is 1. The molecule has 1 aromatic heterocycles. The third kappa shape index (κ3) is 8.35. The van der Waals surface area contributed by atoms with E-state index in [1.165, 1.54) is 12.8 Å². The van der Waals surface area contributed by atoms with Crippen molar-refractivity contribution in [1.82, 2.24) is 20.5 Å². The van der Waals surface area contributed by atoms with Gasteiger partial charge < -0.3 is 20.3 Å². The van der Waals surface area contributed by atoms with Crippen LogP contribution in [0.5, 0.6) is 5.88 Å². The topological polar surface area (TPSA) is 78.9 Å². The van der Waals surface area contributed by atoms with Gasteiger partial charge in [-0.3, -0.25) is 9.79 Å². The summed E-state index contributed by atoms with van der Waals surface area (Å²) in [5.74, 6) is 2.14. The summed E-state index contributed by atoms with van der Waals surface area (Å²) in [6, 6.07) is 11.7. The molecule has 1 aromatic carbocycles. The third-order valence-electron chi connectivity index (χ3n) is 4.93. The number of halogens is 1. The molecule has 2 aromatic rings. The van der Waals surface area contributed by atoms with Gasteiger partial charge >= 0.3 is 0 Å². The maximum Gasteiger partial charge on any atom is 0.253 e. The van der Waals surface area contributed by atoms with Crippen molar-refractivity contribution in [1.29, 1.82) is 0 Å². The summed E-state index contributed by atoms with van der Waals surface area (Å²) < 4.78 is 5.67. The van der Waals surface area contributed by atoms with Crippen molar-refractivity contribution in [3.63, 3.8) is 0 Å². The lowest BCUT2D eigenvalue weighted by molar-refractivity contribution is 0.0827. The van der Waals surface area contributed by atoms with Gasteiger partial charge in [0.1, 0.15) is 0 Å². The molecule has 7 nitrogen and oxygen atoms in total. The van der Waals surface area contributed by atoms with Crippen LogP contribution in [0.4, 0.5) is 0 Å². The number of hydrogen-bond acceptors (Lipinski definition) is 4. The zero-order chi connectivity index (χ0) is 21.3. The highest BCUT2D eigenvalue weighted by atomic mass is 127. The Balaban J connectivity index is 0.00000341. The number of carbonyl (C=O) groups is 1. The van der Waals surface area contributed by atoms with Crippen molar-refractivity contribution in [2.24, 2.45) is 10.9 Å². The molecule has 0 aliphatic heterocycles. The number of ether oxygens (including phenoxy) is 1. The number of guanidine groups is 1. The largest absolute Gasteiger partial charge is 0.477 e. The van der Waals surface area contributed by atoms with Crippen LogP contribution < -0.4 is 15.4 Å². The van der Waals surface area contributed by atoms with E-state index in [4.69, 9.17) is 4.74 Å². The van der Waals surface area contributed by atoms with E-state index in [2.05, 4.69) is 20.6 Å². The molecule has 1 aliphatic carbocycles. The fraction of sp³-hybridized carbons (Fsp3) is 0.435. The van der Waals surface area contributed by atoms with Crippen LogP contribution in [0.1, 0.15) is 34.3 Å². The Morgan fingerprint density at radius 2 is 2.00 bits per heavy atom. The van der Waals surface area contributed by atoms with Gasteiger partial charge in [0.25, 0.3) is 5.91 Å². The molecule has 0 atom stereocenters. The van der Waals surface area contributed by atoms with Gasteiger partial charge in [-0.05, 0) is 48.4 Å². The van der Waals surface area contributed by atoms with E-state index < -0.39 is 0 Å².